The summed E-state index contributed by atoms with van der Waals surface area (Å²) >= 11 is 8.74. The summed E-state index contributed by atoms with van der Waals surface area (Å²) in [6.07, 6.45) is 0.395. The maximum atomic E-state index is 10.7. The molecule has 1 atom stereocenters. The zero-order valence-electron chi connectivity index (χ0n) is 7.97. The molecule has 0 rings (SSSR count). The zero-order valence-corrected chi connectivity index (χ0v) is 9.68. The van der Waals surface area contributed by atoms with Gasteiger partial charge < -0.3 is 15.5 Å². The summed E-state index contributed by atoms with van der Waals surface area (Å²) in [4.78, 5) is 21.2. The van der Waals surface area contributed by atoms with E-state index in [1.54, 1.807) is 0 Å². The van der Waals surface area contributed by atoms with Crippen molar-refractivity contribution in [2.75, 3.05) is 5.75 Å². The van der Waals surface area contributed by atoms with E-state index in [-0.39, 0.29) is 17.8 Å². The highest BCUT2D eigenvalue weighted by atomic mass is 32.1. The lowest BCUT2D eigenvalue weighted by atomic mass is 10.2. The van der Waals surface area contributed by atoms with Crippen LogP contribution in [-0.4, -0.2) is 38.9 Å². The third-order valence-corrected chi connectivity index (χ3v) is 2.20. The largest absolute Gasteiger partial charge is 0.481 e. The van der Waals surface area contributed by atoms with E-state index in [2.05, 4.69) is 17.9 Å². The molecule has 0 bridgehead atoms. The number of carboxylic acid groups (broad SMARTS) is 2. The van der Waals surface area contributed by atoms with Crippen molar-refractivity contribution in [1.82, 2.24) is 5.32 Å². The van der Waals surface area contributed by atoms with Crippen molar-refractivity contribution in [3.8, 4) is 0 Å². The number of thiol groups is 1. The van der Waals surface area contributed by atoms with E-state index in [4.69, 9.17) is 22.4 Å². The molecule has 0 saturated carbocycles. The Labute approximate surface area is 98.3 Å². The average Bonchev–Trinajstić information content (AvgIpc) is 2.14. The molecule has 0 fully saturated rings. The Morgan fingerprint density at radius 1 is 1.33 bits per heavy atom. The van der Waals surface area contributed by atoms with E-state index >= 15 is 0 Å². The number of carboxylic acids is 2. The van der Waals surface area contributed by atoms with Crippen LogP contribution in [-0.2, 0) is 9.59 Å². The maximum absolute atomic E-state index is 10.7. The van der Waals surface area contributed by atoms with Gasteiger partial charge in [0.25, 0.3) is 0 Å². The van der Waals surface area contributed by atoms with Crippen LogP contribution >= 0.6 is 24.8 Å². The minimum Gasteiger partial charge on any atom is -0.481 e. The number of aliphatic carboxylic acids is 2. The first-order valence-electron chi connectivity index (χ1n) is 4.32. The summed E-state index contributed by atoms with van der Waals surface area (Å²) in [7, 11) is 0. The van der Waals surface area contributed by atoms with Gasteiger partial charge in [0.1, 0.15) is 6.04 Å². The number of nitrogens with one attached hydrogen (secondary N) is 1. The van der Waals surface area contributed by atoms with Crippen molar-refractivity contribution < 1.29 is 19.8 Å². The van der Waals surface area contributed by atoms with Crippen molar-refractivity contribution in [2.24, 2.45) is 0 Å². The minimum atomic E-state index is -1.01. The molecular weight excluding hydrogens is 238 g/mol. The van der Waals surface area contributed by atoms with Gasteiger partial charge in [0.15, 0.2) is 0 Å². The van der Waals surface area contributed by atoms with Crippen LogP contribution in [0.1, 0.15) is 19.3 Å². The highest BCUT2D eigenvalue weighted by molar-refractivity contribution is 7.80. The van der Waals surface area contributed by atoms with Crippen molar-refractivity contribution in [2.45, 2.75) is 25.3 Å². The molecule has 0 unspecified atom stereocenters. The molecule has 0 heterocycles. The van der Waals surface area contributed by atoms with Crippen molar-refractivity contribution in [1.29, 1.82) is 0 Å². The molecule has 0 amide bonds. The lowest BCUT2D eigenvalue weighted by Gasteiger charge is -2.14. The zero-order chi connectivity index (χ0) is 11.8. The first-order chi connectivity index (χ1) is 6.97. The van der Waals surface area contributed by atoms with E-state index in [1.165, 1.54) is 0 Å². The van der Waals surface area contributed by atoms with Crippen LogP contribution in [0.25, 0.3) is 0 Å². The molecule has 86 valence electrons. The minimum absolute atomic E-state index is 0.0982. The van der Waals surface area contributed by atoms with Gasteiger partial charge in [0.2, 0.25) is 0 Å². The Bertz CT molecular complexity index is 257. The van der Waals surface area contributed by atoms with Crippen LogP contribution in [0.2, 0.25) is 0 Å². The Morgan fingerprint density at radius 3 is 2.33 bits per heavy atom. The van der Waals surface area contributed by atoms with Crippen LogP contribution in [0.15, 0.2) is 0 Å². The Morgan fingerprint density at radius 2 is 1.93 bits per heavy atom. The second kappa shape index (κ2) is 7.47. The molecule has 7 heteroatoms. The summed E-state index contributed by atoms with van der Waals surface area (Å²) < 4.78 is 0. The molecule has 3 N–H and O–H groups in total. The molecule has 0 spiro atoms. The number of hydrogen-bond donors (Lipinski definition) is 4. The van der Waals surface area contributed by atoms with Crippen molar-refractivity contribution in [3.05, 3.63) is 0 Å². The number of rotatable bonds is 7. The van der Waals surface area contributed by atoms with Crippen LogP contribution in [0.4, 0.5) is 0 Å². The van der Waals surface area contributed by atoms with Crippen LogP contribution in [0, 0.1) is 0 Å². The van der Waals surface area contributed by atoms with Gasteiger partial charge in [-0.25, -0.2) is 4.79 Å². The normalized spacial score (nSPS) is 11.8. The van der Waals surface area contributed by atoms with Gasteiger partial charge in [0, 0.05) is 6.42 Å². The summed E-state index contributed by atoms with van der Waals surface area (Å²) in [5.74, 6) is -1.55. The Hall–Kier alpha value is -0.820. The van der Waals surface area contributed by atoms with Crippen molar-refractivity contribution in [3.63, 3.8) is 0 Å². The van der Waals surface area contributed by atoms with E-state index in [0.29, 0.717) is 12.2 Å². The summed E-state index contributed by atoms with van der Waals surface area (Å²) in [5.41, 5.74) is 0. The molecule has 0 aliphatic carbocycles. The lowest BCUT2D eigenvalue weighted by Crippen LogP contribution is -2.40. The maximum Gasteiger partial charge on any atom is 0.326 e. The highest BCUT2D eigenvalue weighted by Crippen LogP contribution is 1.98. The molecule has 0 aromatic carbocycles. The number of thiocarbonyl (C=S) groups is 1. The van der Waals surface area contributed by atoms with Gasteiger partial charge in [0.05, 0.1) is 11.4 Å². The van der Waals surface area contributed by atoms with E-state index in [1.807, 2.05) is 0 Å². The SMILES string of the molecule is O=C(O)CCC(=S)N[C@@H](CCS)C(=O)O. The van der Waals surface area contributed by atoms with Gasteiger partial charge >= 0.3 is 11.9 Å². The molecule has 0 aromatic heterocycles. The van der Waals surface area contributed by atoms with Crippen LogP contribution < -0.4 is 5.32 Å². The second-order valence-electron chi connectivity index (χ2n) is 2.86. The summed E-state index contributed by atoms with van der Waals surface area (Å²) in [6, 6.07) is -0.788. The Kier molecular flexibility index (Phi) is 7.06. The smallest absolute Gasteiger partial charge is 0.326 e. The molecule has 0 aliphatic rings. The van der Waals surface area contributed by atoms with Gasteiger partial charge in [-0.2, -0.15) is 12.6 Å². The fraction of sp³-hybridized carbons (Fsp3) is 0.625. The number of carbonyl (C=O) groups is 2. The Balaban J connectivity index is 3.99. The van der Waals surface area contributed by atoms with E-state index in [0.717, 1.165) is 0 Å². The third-order valence-electron chi connectivity index (χ3n) is 1.62. The summed E-state index contributed by atoms with van der Waals surface area (Å²) in [6.45, 7) is 0. The van der Waals surface area contributed by atoms with Crippen molar-refractivity contribution >= 4 is 41.8 Å². The van der Waals surface area contributed by atoms with Gasteiger partial charge in [-0.05, 0) is 12.2 Å². The first kappa shape index (κ1) is 14.2. The van der Waals surface area contributed by atoms with Gasteiger partial charge in [-0.3, -0.25) is 4.79 Å². The average molecular weight is 251 g/mol. The van der Waals surface area contributed by atoms with Crippen LogP contribution in [0.5, 0.6) is 0 Å². The molecule has 0 aliphatic heterocycles. The van der Waals surface area contributed by atoms with Gasteiger partial charge in [-0.15, -0.1) is 0 Å². The predicted octanol–water partition coefficient (Wildman–Crippen LogP) is 0.541. The lowest BCUT2D eigenvalue weighted by molar-refractivity contribution is -0.139. The molecule has 15 heavy (non-hydrogen) atoms. The first-order valence-corrected chi connectivity index (χ1v) is 5.36. The molecule has 0 radical (unpaired) electrons. The van der Waals surface area contributed by atoms with E-state index in [9.17, 15) is 9.59 Å². The molecule has 0 saturated heterocycles. The second-order valence-corrected chi connectivity index (χ2v) is 3.80. The van der Waals surface area contributed by atoms with Gasteiger partial charge in [-0.1, -0.05) is 12.2 Å². The molecular formula is C8H13NO4S2. The molecule has 5 nitrogen and oxygen atoms in total. The predicted molar refractivity (Wildman–Crippen MR) is 62.5 cm³/mol. The fourth-order valence-electron chi connectivity index (χ4n) is 0.873. The molecule has 0 aromatic rings. The highest BCUT2D eigenvalue weighted by Gasteiger charge is 2.17. The third kappa shape index (κ3) is 7.15. The van der Waals surface area contributed by atoms with Crippen LogP contribution in [0.3, 0.4) is 0 Å². The number of hydrogen-bond acceptors (Lipinski definition) is 4. The quantitative estimate of drug-likeness (QED) is 0.390. The standard InChI is InChI=1S/C8H13NO4S2/c10-7(11)2-1-6(15)9-5(3-4-14)8(12)13/h5,14H,1-4H2,(H,9,15)(H,10,11)(H,12,13)/t5-/m0/s1. The fourth-order valence-corrected chi connectivity index (χ4v) is 1.38. The summed E-state index contributed by atoms with van der Waals surface area (Å²) in [5, 5.41) is 19.7. The monoisotopic (exact) mass is 251 g/mol. The topological polar surface area (TPSA) is 86.6 Å². The van der Waals surface area contributed by atoms with E-state index < -0.39 is 18.0 Å².